The summed E-state index contributed by atoms with van der Waals surface area (Å²) in [5.41, 5.74) is 10.3. The van der Waals surface area contributed by atoms with Crippen LogP contribution in [-0.4, -0.2) is 40.8 Å². The number of carbonyl (C=O) groups is 1. The lowest BCUT2D eigenvalue weighted by molar-refractivity contribution is 0.0827. The van der Waals surface area contributed by atoms with E-state index in [9.17, 15) is 4.79 Å². The second-order valence-electron chi connectivity index (χ2n) is 7.61. The molecular formula is C24H27ClN6O2. The standard InChI is InChI=1S/C24H27ClN6O2/c1-5-20(17-8-10-18(11-9-17)23(32)31(3)4)28-21(15(2)26)22-29-30-24(33-22)27-14-16-6-12-19(25)13-7-16/h6-13H,5,14,26H2,1-4H3,(H,27,30)/b21-15+,28-20?. The van der Waals surface area contributed by atoms with Crippen LogP contribution < -0.4 is 11.1 Å². The number of allylic oxidation sites excluding steroid dienone is 1. The summed E-state index contributed by atoms with van der Waals surface area (Å²) < 4.78 is 5.76. The molecule has 0 aliphatic carbocycles. The topological polar surface area (TPSA) is 110 Å². The highest BCUT2D eigenvalue weighted by molar-refractivity contribution is 6.30. The summed E-state index contributed by atoms with van der Waals surface area (Å²) in [7, 11) is 3.44. The molecule has 0 saturated heterocycles. The molecule has 1 aromatic heterocycles. The van der Waals surface area contributed by atoms with Gasteiger partial charge >= 0.3 is 6.01 Å². The Kier molecular flexibility index (Phi) is 7.84. The van der Waals surface area contributed by atoms with Crippen LogP contribution in [0.25, 0.3) is 5.70 Å². The Balaban J connectivity index is 1.80. The molecule has 3 rings (SSSR count). The van der Waals surface area contributed by atoms with Crippen LogP contribution in [0.1, 0.15) is 47.6 Å². The van der Waals surface area contributed by atoms with Crippen molar-refractivity contribution >= 4 is 34.9 Å². The molecule has 0 radical (unpaired) electrons. The SMILES string of the molecule is CCC(=N/C(=C(\C)N)c1nnc(NCc2ccc(Cl)cc2)o1)c1ccc(C(=O)N(C)C)cc1. The van der Waals surface area contributed by atoms with E-state index in [-0.39, 0.29) is 17.8 Å². The van der Waals surface area contributed by atoms with E-state index in [0.717, 1.165) is 16.8 Å². The summed E-state index contributed by atoms with van der Waals surface area (Å²) in [6, 6.07) is 15.0. The Hall–Kier alpha value is -3.65. The molecule has 0 bridgehead atoms. The number of hydrogen-bond acceptors (Lipinski definition) is 7. The molecule has 0 aliphatic heterocycles. The van der Waals surface area contributed by atoms with Crippen LogP contribution in [-0.2, 0) is 6.54 Å². The maximum Gasteiger partial charge on any atom is 0.316 e. The smallest absolute Gasteiger partial charge is 0.316 e. The molecule has 0 atom stereocenters. The minimum absolute atomic E-state index is 0.0561. The monoisotopic (exact) mass is 466 g/mol. The van der Waals surface area contributed by atoms with Crippen LogP contribution in [0, 0.1) is 0 Å². The molecule has 0 aliphatic rings. The lowest BCUT2D eigenvalue weighted by Crippen LogP contribution is -2.21. The number of nitrogens with zero attached hydrogens (tertiary/aromatic N) is 4. The molecule has 1 amide bonds. The summed E-state index contributed by atoms with van der Waals surface area (Å²) in [6.45, 7) is 4.23. The van der Waals surface area contributed by atoms with Crippen molar-refractivity contribution in [3.8, 4) is 0 Å². The quantitative estimate of drug-likeness (QED) is 0.470. The Bertz CT molecular complexity index is 1160. The third kappa shape index (κ3) is 6.20. The third-order valence-electron chi connectivity index (χ3n) is 4.81. The van der Waals surface area contributed by atoms with Gasteiger partial charge in [0.2, 0.25) is 0 Å². The lowest BCUT2D eigenvalue weighted by Gasteiger charge is -2.11. The number of carbonyl (C=O) groups excluding carboxylic acids is 1. The van der Waals surface area contributed by atoms with Gasteiger partial charge in [-0.15, -0.1) is 5.10 Å². The molecule has 0 unspecified atom stereocenters. The number of nitrogens with one attached hydrogen (secondary N) is 1. The van der Waals surface area contributed by atoms with Crippen molar-refractivity contribution < 1.29 is 9.21 Å². The van der Waals surface area contributed by atoms with Crippen molar-refractivity contribution in [1.82, 2.24) is 15.1 Å². The van der Waals surface area contributed by atoms with Gasteiger partial charge in [0.05, 0.1) is 0 Å². The maximum atomic E-state index is 12.1. The summed E-state index contributed by atoms with van der Waals surface area (Å²) in [6.07, 6.45) is 0.646. The molecule has 1 heterocycles. The van der Waals surface area contributed by atoms with Crippen LogP contribution >= 0.6 is 11.6 Å². The van der Waals surface area contributed by atoms with Crippen LogP contribution in [0.4, 0.5) is 6.01 Å². The molecular weight excluding hydrogens is 440 g/mol. The highest BCUT2D eigenvalue weighted by atomic mass is 35.5. The average Bonchev–Trinajstić information content (AvgIpc) is 3.27. The van der Waals surface area contributed by atoms with E-state index in [4.69, 9.17) is 26.7 Å². The zero-order valence-electron chi connectivity index (χ0n) is 19.1. The Morgan fingerprint density at radius 1 is 1.09 bits per heavy atom. The van der Waals surface area contributed by atoms with Crippen molar-refractivity contribution in [2.75, 3.05) is 19.4 Å². The number of aliphatic imine (C=N–C) groups is 1. The van der Waals surface area contributed by atoms with Gasteiger partial charge in [-0.05, 0) is 48.7 Å². The van der Waals surface area contributed by atoms with Crippen molar-refractivity contribution in [3.05, 3.63) is 81.8 Å². The summed E-state index contributed by atoms with van der Waals surface area (Å²) in [5.74, 6) is 0.165. The number of benzene rings is 2. The van der Waals surface area contributed by atoms with Gasteiger partial charge in [0.15, 0.2) is 0 Å². The highest BCUT2D eigenvalue weighted by Gasteiger charge is 2.15. The van der Waals surface area contributed by atoms with E-state index in [1.54, 1.807) is 33.2 Å². The van der Waals surface area contributed by atoms with E-state index in [2.05, 4.69) is 15.5 Å². The predicted octanol–water partition coefficient (Wildman–Crippen LogP) is 4.58. The minimum Gasteiger partial charge on any atom is -0.402 e. The van der Waals surface area contributed by atoms with Crippen molar-refractivity contribution in [2.24, 2.45) is 10.7 Å². The maximum absolute atomic E-state index is 12.1. The van der Waals surface area contributed by atoms with E-state index in [1.165, 1.54) is 4.90 Å². The number of amides is 1. The second kappa shape index (κ2) is 10.8. The fourth-order valence-electron chi connectivity index (χ4n) is 3.02. The van der Waals surface area contributed by atoms with Gasteiger partial charge in [0, 0.05) is 42.6 Å². The van der Waals surface area contributed by atoms with Gasteiger partial charge in [-0.2, -0.15) is 0 Å². The molecule has 0 saturated carbocycles. The average molecular weight is 467 g/mol. The predicted molar refractivity (Wildman–Crippen MR) is 131 cm³/mol. The highest BCUT2D eigenvalue weighted by Crippen LogP contribution is 2.22. The molecule has 2 aromatic carbocycles. The molecule has 8 nitrogen and oxygen atoms in total. The molecule has 3 N–H and O–H groups in total. The first-order chi connectivity index (χ1) is 15.8. The third-order valence-corrected chi connectivity index (χ3v) is 5.06. The van der Waals surface area contributed by atoms with Gasteiger partial charge in [0.25, 0.3) is 11.8 Å². The number of anilines is 1. The van der Waals surface area contributed by atoms with Gasteiger partial charge < -0.3 is 20.4 Å². The number of hydrogen-bond donors (Lipinski definition) is 2. The van der Waals surface area contributed by atoms with Crippen LogP contribution in [0.15, 0.2) is 63.6 Å². The van der Waals surface area contributed by atoms with Gasteiger partial charge in [-0.3, -0.25) is 4.79 Å². The first-order valence-corrected chi connectivity index (χ1v) is 10.8. The largest absolute Gasteiger partial charge is 0.402 e. The van der Waals surface area contributed by atoms with Crippen molar-refractivity contribution in [3.63, 3.8) is 0 Å². The second-order valence-corrected chi connectivity index (χ2v) is 8.05. The lowest BCUT2D eigenvalue weighted by atomic mass is 10.0. The zero-order chi connectivity index (χ0) is 24.0. The van der Waals surface area contributed by atoms with E-state index >= 15 is 0 Å². The molecule has 0 spiro atoms. The van der Waals surface area contributed by atoms with E-state index in [0.29, 0.717) is 34.9 Å². The first kappa shape index (κ1) is 24.0. The molecule has 0 fully saturated rings. The fraction of sp³-hybridized carbons (Fsp3) is 0.250. The number of halogens is 1. The van der Waals surface area contributed by atoms with Crippen LogP contribution in [0.2, 0.25) is 5.02 Å². The Morgan fingerprint density at radius 2 is 1.73 bits per heavy atom. The number of rotatable bonds is 8. The van der Waals surface area contributed by atoms with Gasteiger partial charge in [-0.1, -0.05) is 47.9 Å². The van der Waals surface area contributed by atoms with Gasteiger partial charge in [-0.25, -0.2) is 4.99 Å². The summed E-state index contributed by atoms with van der Waals surface area (Å²) in [5, 5.41) is 11.9. The van der Waals surface area contributed by atoms with Crippen LogP contribution in [0.5, 0.6) is 0 Å². The number of nitrogens with two attached hydrogens (primary N) is 1. The van der Waals surface area contributed by atoms with Gasteiger partial charge in [0.1, 0.15) is 5.70 Å². The Labute approximate surface area is 198 Å². The van der Waals surface area contributed by atoms with Crippen molar-refractivity contribution in [2.45, 2.75) is 26.8 Å². The normalized spacial score (nSPS) is 12.3. The summed E-state index contributed by atoms with van der Waals surface area (Å²) >= 11 is 5.92. The van der Waals surface area contributed by atoms with Crippen LogP contribution in [0.3, 0.4) is 0 Å². The molecule has 172 valence electrons. The van der Waals surface area contributed by atoms with E-state index < -0.39 is 0 Å². The minimum atomic E-state index is -0.0561. The van der Waals surface area contributed by atoms with Crippen molar-refractivity contribution in [1.29, 1.82) is 0 Å². The van der Waals surface area contributed by atoms with E-state index in [1.807, 2.05) is 43.3 Å². The fourth-order valence-corrected chi connectivity index (χ4v) is 3.15. The Morgan fingerprint density at radius 3 is 2.30 bits per heavy atom. The molecule has 3 aromatic rings. The summed E-state index contributed by atoms with van der Waals surface area (Å²) in [4.78, 5) is 18.4. The first-order valence-electron chi connectivity index (χ1n) is 10.5. The molecule has 9 heteroatoms. The molecule has 33 heavy (non-hydrogen) atoms. The zero-order valence-corrected chi connectivity index (χ0v) is 19.8. The number of aromatic nitrogens is 2.